The van der Waals surface area contributed by atoms with Crippen LogP contribution in [0.1, 0.15) is 23.6 Å². The van der Waals surface area contributed by atoms with Crippen LogP contribution < -0.4 is 20.9 Å². The normalized spacial score (nSPS) is 14.7. The molecule has 1 heterocycles. The monoisotopic (exact) mass is 485 g/mol. The molecule has 7 heteroatoms. The minimum atomic E-state index is -0.567. The lowest BCUT2D eigenvalue weighted by molar-refractivity contribution is -0.120. The first kappa shape index (κ1) is 25.3. The third kappa shape index (κ3) is 6.86. The molecule has 1 atom stereocenters. The van der Waals surface area contributed by atoms with Gasteiger partial charge in [-0.1, -0.05) is 48.0 Å². The molecule has 0 bridgehead atoms. The fourth-order valence-electron chi connectivity index (χ4n) is 4.42. The van der Waals surface area contributed by atoms with Crippen molar-refractivity contribution in [2.45, 2.75) is 33.4 Å². The van der Waals surface area contributed by atoms with Crippen LogP contribution in [0.4, 0.5) is 21.9 Å². The van der Waals surface area contributed by atoms with E-state index >= 15 is 0 Å². The van der Waals surface area contributed by atoms with Gasteiger partial charge in [0.05, 0.1) is 0 Å². The maximum Gasteiger partial charge on any atom is 0.325 e. The minimum Gasteiger partial charge on any atom is -0.374 e. The standard InChI is InChI=1S/C29H35N5O2/c1-21-9-14-27(22(2)19-21)31-29(36)32-28(35)23(3)30-25-10-12-26(13-11-25)34-17-15-33(16-18-34)20-24-7-5-4-6-8-24/h4-14,19,23,30H,15-18,20H2,1-3H3,(H2,31,32,35,36). The molecule has 36 heavy (non-hydrogen) atoms. The highest BCUT2D eigenvalue weighted by molar-refractivity contribution is 6.03. The Hall–Kier alpha value is -3.84. The largest absolute Gasteiger partial charge is 0.374 e. The second kappa shape index (κ2) is 11.7. The zero-order chi connectivity index (χ0) is 25.5. The molecule has 0 saturated carbocycles. The molecule has 1 unspecified atom stereocenters. The lowest BCUT2D eigenvalue weighted by Gasteiger charge is -2.36. The molecule has 7 nitrogen and oxygen atoms in total. The molecule has 3 amide bonds. The molecule has 3 aromatic rings. The van der Waals surface area contributed by atoms with Crippen molar-refractivity contribution in [2.75, 3.05) is 41.7 Å². The average molecular weight is 486 g/mol. The number of nitrogens with one attached hydrogen (secondary N) is 3. The molecule has 188 valence electrons. The van der Waals surface area contributed by atoms with E-state index in [2.05, 4.69) is 68.2 Å². The maximum atomic E-state index is 12.5. The number of piperazine rings is 1. The van der Waals surface area contributed by atoms with Crippen LogP contribution in [0.2, 0.25) is 0 Å². The topological polar surface area (TPSA) is 76.7 Å². The lowest BCUT2D eigenvalue weighted by atomic mass is 10.1. The predicted octanol–water partition coefficient (Wildman–Crippen LogP) is 4.77. The van der Waals surface area contributed by atoms with Crippen molar-refractivity contribution < 1.29 is 9.59 Å². The van der Waals surface area contributed by atoms with Gasteiger partial charge in [0, 0.05) is 49.8 Å². The molecule has 1 aliphatic rings. The molecule has 4 rings (SSSR count). The molecule has 1 fully saturated rings. The summed E-state index contributed by atoms with van der Waals surface area (Å²) in [7, 11) is 0. The number of carbonyl (C=O) groups excluding carboxylic acids is 2. The number of carbonyl (C=O) groups is 2. The second-order valence-electron chi connectivity index (χ2n) is 9.42. The van der Waals surface area contributed by atoms with Gasteiger partial charge in [0.1, 0.15) is 6.04 Å². The van der Waals surface area contributed by atoms with Gasteiger partial charge in [0.25, 0.3) is 0 Å². The van der Waals surface area contributed by atoms with E-state index in [1.165, 1.54) is 11.3 Å². The van der Waals surface area contributed by atoms with Crippen molar-refractivity contribution in [3.63, 3.8) is 0 Å². The zero-order valence-corrected chi connectivity index (χ0v) is 21.3. The Morgan fingerprint density at radius 2 is 1.58 bits per heavy atom. The summed E-state index contributed by atoms with van der Waals surface area (Å²) in [6, 6.07) is 23.3. The first-order valence-corrected chi connectivity index (χ1v) is 12.4. The van der Waals surface area contributed by atoms with Gasteiger partial charge in [-0.05, 0) is 62.2 Å². The molecular weight excluding hydrogens is 450 g/mol. The van der Waals surface area contributed by atoms with E-state index in [0.717, 1.165) is 49.5 Å². The number of amides is 3. The number of benzene rings is 3. The Morgan fingerprint density at radius 3 is 2.25 bits per heavy atom. The van der Waals surface area contributed by atoms with Gasteiger partial charge in [-0.3, -0.25) is 15.0 Å². The highest BCUT2D eigenvalue weighted by Crippen LogP contribution is 2.21. The van der Waals surface area contributed by atoms with Crippen molar-refractivity contribution >= 4 is 29.0 Å². The highest BCUT2D eigenvalue weighted by atomic mass is 16.2. The van der Waals surface area contributed by atoms with Crippen LogP contribution in [0.25, 0.3) is 0 Å². The van der Waals surface area contributed by atoms with E-state index in [9.17, 15) is 9.59 Å². The fourth-order valence-corrected chi connectivity index (χ4v) is 4.42. The Morgan fingerprint density at radius 1 is 0.889 bits per heavy atom. The van der Waals surface area contributed by atoms with Gasteiger partial charge in [0.15, 0.2) is 0 Å². The number of imide groups is 1. The minimum absolute atomic E-state index is 0.393. The quantitative estimate of drug-likeness (QED) is 0.449. The molecule has 1 saturated heterocycles. The maximum absolute atomic E-state index is 12.5. The molecule has 1 aliphatic heterocycles. The number of nitrogens with zero attached hydrogens (tertiary/aromatic N) is 2. The second-order valence-corrected chi connectivity index (χ2v) is 9.42. The highest BCUT2D eigenvalue weighted by Gasteiger charge is 2.19. The van der Waals surface area contributed by atoms with Gasteiger partial charge in [-0.15, -0.1) is 0 Å². The Labute approximate surface area is 213 Å². The number of hydrogen-bond donors (Lipinski definition) is 3. The van der Waals surface area contributed by atoms with Gasteiger partial charge in [-0.2, -0.15) is 0 Å². The van der Waals surface area contributed by atoms with Gasteiger partial charge in [0.2, 0.25) is 5.91 Å². The van der Waals surface area contributed by atoms with Crippen LogP contribution in [0, 0.1) is 13.8 Å². The van der Waals surface area contributed by atoms with Crippen LogP contribution in [-0.2, 0) is 11.3 Å². The van der Waals surface area contributed by atoms with Gasteiger partial charge < -0.3 is 15.5 Å². The van der Waals surface area contributed by atoms with Crippen LogP contribution >= 0.6 is 0 Å². The number of anilines is 3. The van der Waals surface area contributed by atoms with Crippen LogP contribution in [0.15, 0.2) is 72.8 Å². The van der Waals surface area contributed by atoms with Crippen LogP contribution in [0.5, 0.6) is 0 Å². The Kier molecular flexibility index (Phi) is 8.23. The first-order chi connectivity index (χ1) is 17.4. The van der Waals surface area contributed by atoms with E-state index in [1.54, 1.807) is 6.92 Å². The van der Waals surface area contributed by atoms with E-state index in [-0.39, 0.29) is 0 Å². The number of hydrogen-bond acceptors (Lipinski definition) is 5. The Bertz CT molecular complexity index is 1170. The van der Waals surface area contributed by atoms with E-state index in [0.29, 0.717) is 5.69 Å². The molecular formula is C29H35N5O2. The SMILES string of the molecule is Cc1ccc(NC(=O)NC(=O)C(C)Nc2ccc(N3CCN(Cc4ccccc4)CC3)cc2)c(C)c1. The van der Waals surface area contributed by atoms with E-state index in [1.807, 2.05) is 44.2 Å². The van der Waals surface area contributed by atoms with Crippen molar-refractivity contribution in [3.8, 4) is 0 Å². The lowest BCUT2D eigenvalue weighted by Crippen LogP contribution is -2.46. The molecule has 3 aromatic carbocycles. The average Bonchev–Trinajstić information content (AvgIpc) is 2.87. The summed E-state index contributed by atoms with van der Waals surface area (Å²) in [5.74, 6) is -0.393. The van der Waals surface area contributed by atoms with Crippen molar-refractivity contribution in [1.82, 2.24) is 10.2 Å². The molecule has 0 spiro atoms. The predicted molar refractivity (Wildman–Crippen MR) is 147 cm³/mol. The summed E-state index contributed by atoms with van der Waals surface area (Å²) in [6.45, 7) is 10.6. The molecule has 0 aromatic heterocycles. The van der Waals surface area contributed by atoms with E-state index in [4.69, 9.17) is 0 Å². The summed E-state index contributed by atoms with van der Waals surface area (Å²) in [6.07, 6.45) is 0. The van der Waals surface area contributed by atoms with Crippen molar-refractivity contribution in [2.24, 2.45) is 0 Å². The summed E-state index contributed by atoms with van der Waals surface area (Å²) in [5, 5.41) is 8.33. The van der Waals surface area contributed by atoms with Crippen LogP contribution in [0.3, 0.4) is 0 Å². The van der Waals surface area contributed by atoms with Gasteiger partial charge >= 0.3 is 6.03 Å². The zero-order valence-electron chi connectivity index (χ0n) is 21.3. The Balaban J connectivity index is 1.23. The van der Waals surface area contributed by atoms with Gasteiger partial charge in [-0.25, -0.2) is 4.79 Å². The number of aryl methyl sites for hydroxylation is 2. The molecule has 0 radical (unpaired) electrons. The van der Waals surface area contributed by atoms with E-state index < -0.39 is 18.0 Å². The third-order valence-corrected chi connectivity index (χ3v) is 6.50. The van der Waals surface area contributed by atoms with Crippen LogP contribution in [-0.4, -0.2) is 49.1 Å². The molecule has 0 aliphatic carbocycles. The number of urea groups is 1. The summed E-state index contributed by atoms with van der Waals surface area (Å²) in [5.41, 5.74) is 6.10. The summed E-state index contributed by atoms with van der Waals surface area (Å²) >= 11 is 0. The van der Waals surface area contributed by atoms with Crippen molar-refractivity contribution in [3.05, 3.63) is 89.5 Å². The molecule has 3 N–H and O–H groups in total. The van der Waals surface area contributed by atoms with Crippen molar-refractivity contribution in [1.29, 1.82) is 0 Å². The summed E-state index contributed by atoms with van der Waals surface area (Å²) in [4.78, 5) is 29.7. The fraction of sp³-hybridized carbons (Fsp3) is 0.310. The third-order valence-electron chi connectivity index (χ3n) is 6.50. The summed E-state index contributed by atoms with van der Waals surface area (Å²) < 4.78 is 0. The smallest absolute Gasteiger partial charge is 0.325 e. The first-order valence-electron chi connectivity index (χ1n) is 12.4. The number of rotatable bonds is 7.